The Hall–Kier alpha value is -1.70. The first-order valence-corrected chi connectivity index (χ1v) is 8.73. The second-order valence-corrected chi connectivity index (χ2v) is 6.44. The Morgan fingerprint density at radius 3 is 2.67 bits per heavy atom. The first kappa shape index (κ1) is 17.1. The summed E-state index contributed by atoms with van der Waals surface area (Å²) in [6, 6.07) is 3.62. The van der Waals surface area contributed by atoms with Crippen LogP contribution in [0.15, 0.2) is 18.3 Å². The minimum atomic E-state index is -0.438. The number of likely N-dealkylation sites (N-methyl/N-ethyl adjacent to an activating group) is 1. The minimum Gasteiger partial charge on any atom is -0.374 e. The molecule has 1 aromatic heterocycles. The molecule has 2 aliphatic rings. The van der Waals surface area contributed by atoms with Gasteiger partial charge in [0.15, 0.2) is 0 Å². The summed E-state index contributed by atoms with van der Waals surface area (Å²) in [5.41, 5.74) is 5.71. The molecule has 1 atom stereocenters. The average Bonchev–Trinajstić information content (AvgIpc) is 2.62. The van der Waals surface area contributed by atoms with Crippen LogP contribution in [-0.4, -0.2) is 85.8 Å². The van der Waals surface area contributed by atoms with Crippen LogP contribution in [0.5, 0.6) is 0 Å². The van der Waals surface area contributed by atoms with Crippen LogP contribution in [0.3, 0.4) is 0 Å². The molecule has 0 aliphatic carbocycles. The van der Waals surface area contributed by atoms with Crippen LogP contribution in [0.4, 0.5) is 5.82 Å². The molecule has 7 heteroatoms. The maximum absolute atomic E-state index is 11.1. The Morgan fingerprint density at radius 1 is 1.25 bits per heavy atom. The van der Waals surface area contributed by atoms with Gasteiger partial charge in [-0.05, 0) is 18.7 Å². The molecule has 2 saturated heterocycles. The van der Waals surface area contributed by atoms with Crippen molar-refractivity contribution in [3.8, 4) is 0 Å². The molecule has 0 radical (unpaired) electrons. The van der Waals surface area contributed by atoms with Gasteiger partial charge in [-0.15, -0.1) is 0 Å². The molecule has 1 unspecified atom stereocenters. The number of piperazine rings is 1. The van der Waals surface area contributed by atoms with Crippen molar-refractivity contribution in [2.75, 3.05) is 63.9 Å². The number of carbonyl (C=O) groups is 1. The van der Waals surface area contributed by atoms with Gasteiger partial charge in [0.05, 0.1) is 18.3 Å². The molecule has 1 aromatic rings. The van der Waals surface area contributed by atoms with Crippen molar-refractivity contribution in [2.24, 2.45) is 5.73 Å². The zero-order valence-electron chi connectivity index (χ0n) is 14.4. The van der Waals surface area contributed by atoms with Crippen LogP contribution >= 0.6 is 0 Å². The number of anilines is 1. The van der Waals surface area contributed by atoms with E-state index in [2.05, 4.69) is 26.6 Å². The largest absolute Gasteiger partial charge is 0.374 e. The number of rotatable bonds is 5. The predicted octanol–water partition coefficient (Wildman–Crippen LogP) is 0.0232. The SMILES string of the molecule is CCN1CCOC(CN2CCN(c3ccc(C(N)=O)cn3)CC2)C1. The van der Waals surface area contributed by atoms with Gasteiger partial charge in [0.2, 0.25) is 5.91 Å². The van der Waals surface area contributed by atoms with E-state index < -0.39 is 5.91 Å². The highest BCUT2D eigenvalue weighted by Crippen LogP contribution is 2.15. The second kappa shape index (κ2) is 7.92. The molecule has 0 saturated carbocycles. The fourth-order valence-electron chi connectivity index (χ4n) is 3.34. The number of hydrogen-bond donors (Lipinski definition) is 1. The first-order chi connectivity index (χ1) is 11.7. The zero-order valence-corrected chi connectivity index (χ0v) is 14.4. The molecule has 3 rings (SSSR count). The van der Waals surface area contributed by atoms with E-state index in [1.807, 2.05) is 6.07 Å². The van der Waals surface area contributed by atoms with E-state index in [1.165, 1.54) is 0 Å². The molecular formula is C17H27N5O2. The molecule has 0 spiro atoms. The van der Waals surface area contributed by atoms with Crippen molar-refractivity contribution in [3.05, 3.63) is 23.9 Å². The molecule has 2 aliphatic heterocycles. The van der Waals surface area contributed by atoms with Gasteiger partial charge in [0.1, 0.15) is 5.82 Å². The van der Waals surface area contributed by atoms with Gasteiger partial charge in [-0.3, -0.25) is 14.6 Å². The van der Waals surface area contributed by atoms with Crippen LogP contribution in [0.1, 0.15) is 17.3 Å². The third-order valence-corrected chi connectivity index (χ3v) is 4.86. The highest BCUT2D eigenvalue weighted by molar-refractivity contribution is 5.92. The lowest BCUT2D eigenvalue weighted by Crippen LogP contribution is -2.52. The molecule has 1 amide bonds. The molecule has 2 fully saturated rings. The normalized spacial score (nSPS) is 23.4. The van der Waals surface area contributed by atoms with Gasteiger partial charge in [0.25, 0.3) is 0 Å². The standard InChI is InChI=1S/C17H27N5O2/c1-2-20-9-10-24-15(12-20)13-21-5-7-22(8-6-21)16-4-3-14(11-19-16)17(18)23/h3-4,11,15H,2,5-10,12-13H2,1H3,(H2,18,23). The fourth-order valence-corrected chi connectivity index (χ4v) is 3.34. The summed E-state index contributed by atoms with van der Waals surface area (Å²) in [4.78, 5) is 22.6. The van der Waals surface area contributed by atoms with E-state index in [1.54, 1.807) is 12.3 Å². The van der Waals surface area contributed by atoms with Crippen LogP contribution in [0, 0.1) is 0 Å². The second-order valence-electron chi connectivity index (χ2n) is 6.44. The number of aromatic nitrogens is 1. The van der Waals surface area contributed by atoms with Crippen molar-refractivity contribution in [3.63, 3.8) is 0 Å². The van der Waals surface area contributed by atoms with Crippen molar-refractivity contribution >= 4 is 11.7 Å². The zero-order chi connectivity index (χ0) is 16.9. The highest BCUT2D eigenvalue weighted by Gasteiger charge is 2.24. The van der Waals surface area contributed by atoms with Crippen molar-refractivity contribution in [1.29, 1.82) is 0 Å². The smallest absolute Gasteiger partial charge is 0.250 e. The number of carbonyl (C=O) groups excluding carboxylic acids is 1. The number of morpholine rings is 1. The number of primary amides is 1. The number of hydrogen-bond acceptors (Lipinski definition) is 6. The number of nitrogens with two attached hydrogens (primary N) is 1. The minimum absolute atomic E-state index is 0.318. The predicted molar refractivity (Wildman–Crippen MR) is 93.3 cm³/mol. The highest BCUT2D eigenvalue weighted by atomic mass is 16.5. The Labute approximate surface area is 143 Å². The summed E-state index contributed by atoms with van der Waals surface area (Å²) >= 11 is 0. The fraction of sp³-hybridized carbons (Fsp3) is 0.647. The number of nitrogens with zero attached hydrogens (tertiary/aromatic N) is 4. The summed E-state index contributed by atoms with van der Waals surface area (Å²) in [6.07, 6.45) is 1.87. The van der Waals surface area contributed by atoms with Gasteiger partial charge >= 0.3 is 0 Å². The van der Waals surface area contributed by atoms with Crippen molar-refractivity contribution in [1.82, 2.24) is 14.8 Å². The summed E-state index contributed by atoms with van der Waals surface area (Å²) in [6.45, 7) is 11.1. The summed E-state index contributed by atoms with van der Waals surface area (Å²) < 4.78 is 5.91. The Morgan fingerprint density at radius 2 is 2.04 bits per heavy atom. The van der Waals surface area contributed by atoms with Gasteiger partial charge in [0, 0.05) is 52.0 Å². The summed E-state index contributed by atoms with van der Waals surface area (Å²) in [5, 5.41) is 0. The van der Waals surface area contributed by atoms with E-state index in [4.69, 9.17) is 10.5 Å². The van der Waals surface area contributed by atoms with E-state index in [0.717, 1.165) is 64.8 Å². The van der Waals surface area contributed by atoms with E-state index in [0.29, 0.717) is 11.7 Å². The Balaban J connectivity index is 1.47. The van der Waals surface area contributed by atoms with E-state index >= 15 is 0 Å². The summed E-state index contributed by atoms with van der Waals surface area (Å²) in [5.74, 6) is 0.471. The van der Waals surface area contributed by atoms with Gasteiger partial charge in [-0.1, -0.05) is 6.92 Å². The van der Waals surface area contributed by atoms with E-state index in [9.17, 15) is 4.79 Å². The molecule has 132 valence electrons. The lowest BCUT2D eigenvalue weighted by Gasteiger charge is -2.39. The van der Waals surface area contributed by atoms with Gasteiger partial charge in [-0.2, -0.15) is 0 Å². The molecule has 7 nitrogen and oxygen atoms in total. The maximum atomic E-state index is 11.1. The van der Waals surface area contributed by atoms with Crippen LogP contribution in [0.2, 0.25) is 0 Å². The van der Waals surface area contributed by atoms with Crippen LogP contribution in [0.25, 0.3) is 0 Å². The summed E-state index contributed by atoms with van der Waals surface area (Å²) in [7, 11) is 0. The first-order valence-electron chi connectivity index (χ1n) is 8.73. The average molecular weight is 333 g/mol. The van der Waals surface area contributed by atoms with Crippen LogP contribution in [-0.2, 0) is 4.74 Å². The molecule has 24 heavy (non-hydrogen) atoms. The van der Waals surface area contributed by atoms with Crippen LogP contribution < -0.4 is 10.6 Å². The van der Waals surface area contributed by atoms with E-state index in [-0.39, 0.29) is 0 Å². The molecule has 0 bridgehead atoms. The number of amides is 1. The molecule has 3 heterocycles. The third kappa shape index (κ3) is 4.23. The maximum Gasteiger partial charge on any atom is 0.250 e. The van der Waals surface area contributed by atoms with Crippen molar-refractivity contribution in [2.45, 2.75) is 13.0 Å². The van der Waals surface area contributed by atoms with Gasteiger partial charge < -0.3 is 15.4 Å². The topological polar surface area (TPSA) is 74.9 Å². The molecule has 2 N–H and O–H groups in total. The number of ether oxygens (including phenoxy) is 1. The van der Waals surface area contributed by atoms with Crippen molar-refractivity contribution < 1.29 is 9.53 Å². The molecule has 0 aromatic carbocycles. The van der Waals surface area contributed by atoms with Gasteiger partial charge in [-0.25, -0.2) is 4.98 Å². The lowest BCUT2D eigenvalue weighted by molar-refractivity contribution is -0.0422. The number of pyridine rings is 1. The lowest BCUT2D eigenvalue weighted by atomic mass is 10.2. The quantitative estimate of drug-likeness (QED) is 0.819. The molecular weight excluding hydrogens is 306 g/mol. The third-order valence-electron chi connectivity index (χ3n) is 4.86. The Bertz CT molecular complexity index is 542. The monoisotopic (exact) mass is 333 g/mol. The Kier molecular flexibility index (Phi) is 5.65.